The van der Waals surface area contributed by atoms with Crippen molar-refractivity contribution in [3.8, 4) is 22.6 Å². The van der Waals surface area contributed by atoms with Gasteiger partial charge in [-0.3, -0.25) is 4.98 Å². The largest absolute Gasteiger partial charge is 0.252 e. The molecule has 3 aromatic heterocycles. The third kappa shape index (κ3) is 4.42. The molecule has 154 valence electrons. The lowest BCUT2D eigenvalue weighted by Gasteiger charge is -2.08. The molecule has 0 atom stereocenters. The molecular formula is C22H26N8. The van der Waals surface area contributed by atoms with Crippen LogP contribution in [0.25, 0.3) is 22.6 Å². The van der Waals surface area contributed by atoms with Gasteiger partial charge in [-0.25, -0.2) is 9.67 Å². The fourth-order valence-corrected chi connectivity index (χ4v) is 3.46. The van der Waals surface area contributed by atoms with Crippen LogP contribution in [0.1, 0.15) is 44.4 Å². The summed E-state index contributed by atoms with van der Waals surface area (Å²) in [5.41, 5.74) is 3.94. The second kappa shape index (κ2) is 8.94. The van der Waals surface area contributed by atoms with Crippen LogP contribution in [0.5, 0.6) is 0 Å². The Morgan fingerprint density at radius 1 is 1.10 bits per heavy atom. The van der Waals surface area contributed by atoms with Gasteiger partial charge < -0.3 is 0 Å². The minimum absolute atomic E-state index is 0.486. The van der Waals surface area contributed by atoms with E-state index in [2.05, 4.69) is 75.3 Å². The summed E-state index contributed by atoms with van der Waals surface area (Å²) >= 11 is 0. The lowest BCUT2D eigenvalue weighted by atomic mass is 10.0. The minimum atomic E-state index is 0.486. The minimum Gasteiger partial charge on any atom is -0.252 e. The standard InChI is InChI=1S/C22H26N8/c1-4-12-30-20(24-19(27-30)13-15(2)3)14-16-7-9-17(10-8-16)18-6-5-11-23-21(18)22-25-28-29-26-22/h5-11,15H,4,12-14H2,1-3H3,(H,25,26,28,29). The highest BCUT2D eigenvalue weighted by Crippen LogP contribution is 2.28. The third-order valence-electron chi connectivity index (χ3n) is 4.81. The number of tetrazole rings is 1. The van der Waals surface area contributed by atoms with Gasteiger partial charge in [-0.1, -0.05) is 51.1 Å². The molecule has 0 aliphatic rings. The van der Waals surface area contributed by atoms with E-state index in [-0.39, 0.29) is 0 Å². The molecule has 8 nitrogen and oxygen atoms in total. The van der Waals surface area contributed by atoms with E-state index in [0.717, 1.165) is 48.6 Å². The van der Waals surface area contributed by atoms with E-state index in [1.165, 1.54) is 5.56 Å². The Balaban J connectivity index is 1.58. The van der Waals surface area contributed by atoms with Gasteiger partial charge >= 0.3 is 0 Å². The van der Waals surface area contributed by atoms with E-state index in [1.54, 1.807) is 6.20 Å². The second-order valence-corrected chi connectivity index (χ2v) is 7.77. The maximum atomic E-state index is 4.81. The van der Waals surface area contributed by atoms with E-state index in [0.29, 0.717) is 17.4 Å². The van der Waals surface area contributed by atoms with Gasteiger partial charge in [0.25, 0.3) is 0 Å². The molecule has 0 fully saturated rings. The molecule has 30 heavy (non-hydrogen) atoms. The molecule has 0 bridgehead atoms. The first-order valence-electron chi connectivity index (χ1n) is 10.3. The Morgan fingerprint density at radius 2 is 1.93 bits per heavy atom. The number of pyridine rings is 1. The van der Waals surface area contributed by atoms with Crippen molar-refractivity contribution in [2.24, 2.45) is 5.92 Å². The zero-order chi connectivity index (χ0) is 20.9. The van der Waals surface area contributed by atoms with Crippen LogP contribution in [0, 0.1) is 5.92 Å². The highest BCUT2D eigenvalue weighted by molar-refractivity contribution is 5.77. The molecule has 3 heterocycles. The number of nitrogens with one attached hydrogen (secondary N) is 1. The average Bonchev–Trinajstić information content (AvgIpc) is 3.39. The zero-order valence-corrected chi connectivity index (χ0v) is 17.6. The molecular weight excluding hydrogens is 376 g/mol. The smallest absolute Gasteiger partial charge is 0.223 e. The number of rotatable bonds is 8. The zero-order valence-electron chi connectivity index (χ0n) is 17.6. The summed E-state index contributed by atoms with van der Waals surface area (Å²) in [6.45, 7) is 7.44. The van der Waals surface area contributed by atoms with E-state index in [9.17, 15) is 0 Å². The maximum absolute atomic E-state index is 4.81. The number of nitrogens with zero attached hydrogens (tertiary/aromatic N) is 7. The Labute approximate surface area is 175 Å². The quantitative estimate of drug-likeness (QED) is 0.482. The molecule has 4 aromatic rings. The molecule has 8 heteroatoms. The van der Waals surface area contributed by atoms with Crippen LogP contribution in [-0.4, -0.2) is 40.4 Å². The highest BCUT2D eigenvalue weighted by atomic mass is 15.5. The SMILES string of the molecule is CCCn1nc(CC(C)C)nc1Cc1ccc(-c2cccnc2-c2nn[nH]n2)cc1. The van der Waals surface area contributed by atoms with E-state index in [1.807, 2.05) is 12.1 Å². The molecule has 0 radical (unpaired) electrons. The van der Waals surface area contributed by atoms with Crippen LogP contribution < -0.4 is 0 Å². The number of benzene rings is 1. The summed E-state index contributed by atoms with van der Waals surface area (Å²) in [5.74, 6) is 2.99. The summed E-state index contributed by atoms with van der Waals surface area (Å²) in [5, 5.41) is 19.0. The van der Waals surface area contributed by atoms with Crippen molar-refractivity contribution in [2.75, 3.05) is 0 Å². The van der Waals surface area contributed by atoms with Crippen molar-refractivity contribution in [1.29, 1.82) is 0 Å². The van der Waals surface area contributed by atoms with E-state index < -0.39 is 0 Å². The number of H-pyrrole nitrogens is 1. The van der Waals surface area contributed by atoms with Gasteiger partial charge in [0, 0.05) is 31.1 Å². The monoisotopic (exact) mass is 402 g/mol. The van der Waals surface area contributed by atoms with Crippen LogP contribution in [0.15, 0.2) is 42.6 Å². The number of aryl methyl sites for hydroxylation is 1. The molecule has 0 saturated heterocycles. The van der Waals surface area contributed by atoms with E-state index in [4.69, 9.17) is 10.1 Å². The molecule has 0 unspecified atom stereocenters. The van der Waals surface area contributed by atoms with Crippen LogP contribution in [0.2, 0.25) is 0 Å². The molecule has 0 saturated carbocycles. The topological polar surface area (TPSA) is 98.1 Å². The summed E-state index contributed by atoms with van der Waals surface area (Å²) < 4.78 is 2.06. The van der Waals surface area contributed by atoms with Crippen molar-refractivity contribution >= 4 is 0 Å². The normalized spacial score (nSPS) is 11.3. The third-order valence-corrected chi connectivity index (χ3v) is 4.81. The average molecular weight is 403 g/mol. The number of aromatic nitrogens is 8. The van der Waals surface area contributed by atoms with Gasteiger partial charge in [-0.05, 0) is 34.7 Å². The summed E-state index contributed by atoms with van der Waals surface area (Å²) in [6.07, 6.45) is 4.44. The molecule has 4 rings (SSSR count). The van der Waals surface area contributed by atoms with Gasteiger partial charge in [-0.2, -0.15) is 10.3 Å². The van der Waals surface area contributed by atoms with Crippen LogP contribution in [0.4, 0.5) is 0 Å². The maximum Gasteiger partial charge on any atom is 0.223 e. The first kappa shape index (κ1) is 19.9. The van der Waals surface area contributed by atoms with E-state index >= 15 is 0 Å². The number of hydrogen-bond donors (Lipinski definition) is 1. The van der Waals surface area contributed by atoms with Gasteiger partial charge in [0.05, 0.1) is 0 Å². The second-order valence-electron chi connectivity index (χ2n) is 7.77. The summed E-state index contributed by atoms with van der Waals surface area (Å²) in [6, 6.07) is 12.4. The van der Waals surface area contributed by atoms with Crippen LogP contribution >= 0.6 is 0 Å². The van der Waals surface area contributed by atoms with Crippen molar-refractivity contribution in [2.45, 2.75) is 46.6 Å². The molecule has 0 aliphatic carbocycles. The Morgan fingerprint density at radius 3 is 2.63 bits per heavy atom. The van der Waals surface area contributed by atoms with Crippen LogP contribution in [-0.2, 0) is 19.4 Å². The number of aromatic amines is 1. The fourth-order valence-electron chi connectivity index (χ4n) is 3.46. The van der Waals surface area contributed by atoms with Crippen molar-refractivity contribution in [3.05, 3.63) is 59.8 Å². The van der Waals surface area contributed by atoms with Crippen molar-refractivity contribution in [3.63, 3.8) is 0 Å². The van der Waals surface area contributed by atoms with Crippen LogP contribution in [0.3, 0.4) is 0 Å². The Hall–Kier alpha value is -3.42. The van der Waals surface area contributed by atoms with Crippen molar-refractivity contribution in [1.82, 2.24) is 40.4 Å². The predicted molar refractivity (Wildman–Crippen MR) is 115 cm³/mol. The highest BCUT2D eigenvalue weighted by Gasteiger charge is 2.14. The molecule has 0 amide bonds. The molecule has 0 spiro atoms. The molecule has 0 aliphatic heterocycles. The summed E-state index contributed by atoms with van der Waals surface area (Å²) in [7, 11) is 0. The summed E-state index contributed by atoms with van der Waals surface area (Å²) in [4.78, 5) is 9.25. The van der Waals surface area contributed by atoms with Crippen molar-refractivity contribution < 1.29 is 0 Å². The number of hydrogen-bond acceptors (Lipinski definition) is 6. The Bertz CT molecular complexity index is 1080. The first-order valence-corrected chi connectivity index (χ1v) is 10.3. The molecule has 1 N–H and O–H groups in total. The lowest BCUT2D eigenvalue weighted by molar-refractivity contribution is 0.559. The van der Waals surface area contributed by atoms with Gasteiger partial charge in [0.2, 0.25) is 5.82 Å². The van der Waals surface area contributed by atoms with Gasteiger partial charge in [0.15, 0.2) is 5.82 Å². The predicted octanol–water partition coefficient (Wildman–Crippen LogP) is 3.72. The molecule has 1 aromatic carbocycles. The first-order chi connectivity index (χ1) is 14.6. The Kier molecular flexibility index (Phi) is 5.92. The fraction of sp³-hybridized carbons (Fsp3) is 0.364. The van der Waals surface area contributed by atoms with Gasteiger partial charge in [-0.15, -0.1) is 10.2 Å². The van der Waals surface area contributed by atoms with Gasteiger partial charge in [0.1, 0.15) is 11.5 Å². The lowest BCUT2D eigenvalue weighted by Crippen LogP contribution is -2.06.